The number of fused-ring (bicyclic) bond motifs is 2. The van der Waals surface area contributed by atoms with E-state index in [4.69, 9.17) is 9.47 Å². The van der Waals surface area contributed by atoms with E-state index in [9.17, 15) is 14.7 Å². The highest BCUT2D eigenvalue weighted by Gasteiger charge is 2.53. The van der Waals surface area contributed by atoms with E-state index in [2.05, 4.69) is 5.32 Å². The topological polar surface area (TPSA) is 84.9 Å². The average molecular weight is 333 g/mol. The molecule has 1 aromatic carbocycles. The SMILES string of the molecule is COc1ccc(CNC(=O)[C@H]2[C@@H]3CC[C@@H](C3)[C@@H]2C(=O)O)cc1OC. The second-order valence-corrected chi connectivity index (χ2v) is 6.63. The van der Waals surface area contributed by atoms with E-state index in [-0.39, 0.29) is 17.7 Å². The molecule has 0 saturated heterocycles. The number of benzene rings is 1. The molecule has 24 heavy (non-hydrogen) atoms. The van der Waals surface area contributed by atoms with Gasteiger partial charge in [-0.3, -0.25) is 9.59 Å². The maximum absolute atomic E-state index is 12.6. The lowest BCUT2D eigenvalue weighted by Crippen LogP contribution is -2.41. The van der Waals surface area contributed by atoms with Crippen LogP contribution in [0, 0.1) is 23.7 Å². The van der Waals surface area contributed by atoms with Crippen LogP contribution in [0.2, 0.25) is 0 Å². The molecule has 2 aliphatic rings. The molecule has 130 valence electrons. The molecule has 2 bridgehead atoms. The van der Waals surface area contributed by atoms with Crippen molar-refractivity contribution in [2.24, 2.45) is 23.7 Å². The van der Waals surface area contributed by atoms with E-state index in [0.717, 1.165) is 24.8 Å². The quantitative estimate of drug-likeness (QED) is 0.832. The van der Waals surface area contributed by atoms with Crippen LogP contribution in [0.4, 0.5) is 0 Å². The Morgan fingerprint density at radius 3 is 2.42 bits per heavy atom. The second-order valence-electron chi connectivity index (χ2n) is 6.63. The number of carboxylic acid groups (broad SMARTS) is 1. The van der Waals surface area contributed by atoms with Crippen LogP contribution in [0.25, 0.3) is 0 Å². The van der Waals surface area contributed by atoms with Crippen LogP contribution >= 0.6 is 0 Å². The molecular weight excluding hydrogens is 310 g/mol. The van der Waals surface area contributed by atoms with Crippen LogP contribution in [-0.2, 0) is 16.1 Å². The van der Waals surface area contributed by atoms with Crippen LogP contribution in [0.5, 0.6) is 11.5 Å². The summed E-state index contributed by atoms with van der Waals surface area (Å²) in [5, 5.41) is 12.4. The van der Waals surface area contributed by atoms with E-state index in [1.807, 2.05) is 12.1 Å². The van der Waals surface area contributed by atoms with Gasteiger partial charge >= 0.3 is 5.97 Å². The summed E-state index contributed by atoms with van der Waals surface area (Å²) in [6.45, 7) is 0.347. The van der Waals surface area contributed by atoms with Gasteiger partial charge in [-0.05, 0) is 48.8 Å². The number of carbonyl (C=O) groups is 2. The first-order chi connectivity index (χ1) is 11.5. The minimum atomic E-state index is -0.839. The third-order valence-corrected chi connectivity index (χ3v) is 5.42. The highest BCUT2D eigenvalue weighted by molar-refractivity contribution is 5.86. The molecule has 1 aromatic rings. The average Bonchev–Trinajstić information content (AvgIpc) is 3.20. The van der Waals surface area contributed by atoms with E-state index >= 15 is 0 Å². The van der Waals surface area contributed by atoms with Crippen LogP contribution in [0.3, 0.4) is 0 Å². The Hall–Kier alpha value is -2.24. The molecule has 2 aliphatic carbocycles. The van der Waals surface area contributed by atoms with Gasteiger partial charge in [0.1, 0.15) is 0 Å². The van der Waals surface area contributed by atoms with Gasteiger partial charge in [0, 0.05) is 6.54 Å². The number of nitrogens with one attached hydrogen (secondary N) is 1. The Bertz CT molecular complexity index is 644. The molecular formula is C18H23NO5. The summed E-state index contributed by atoms with van der Waals surface area (Å²) in [4.78, 5) is 24.1. The predicted octanol–water partition coefficient (Wildman–Crippen LogP) is 2.07. The fourth-order valence-corrected chi connectivity index (χ4v) is 4.32. The van der Waals surface area contributed by atoms with Gasteiger partial charge in [0.2, 0.25) is 5.91 Å². The fourth-order valence-electron chi connectivity index (χ4n) is 4.32. The zero-order valence-corrected chi connectivity index (χ0v) is 14.0. The molecule has 0 aliphatic heterocycles. The molecule has 6 nitrogen and oxygen atoms in total. The Labute approximate surface area is 141 Å². The lowest BCUT2D eigenvalue weighted by Gasteiger charge is -2.27. The maximum Gasteiger partial charge on any atom is 0.307 e. The monoisotopic (exact) mass is 333 g/mol. The van der Waals surface area contributed by atoms with Gasteiger partial charge in [-0.15, -0.1) is 0 Å². The Kier molecular flexibility index (Phi) is 4.64. The Balaban J connectivity index is 1.66. The molecule has 2 N–H and O–H groups in total. The number of rotatable bonds is 6. The number of amides is 1. The lowest BCUT2D eigenvalue weighted by molar-refractivity contribution is -0.149. The van der Waals surface area contributed by atoms with Gasteiger partial charge in [-0.1, -0.05) is 6.07 Å². The van der Waals surface area contributed by atoms with Gasteiger partial charge in [0.25, 0.3) is 0 Å². The summed E-state index contributed by atoms with van der Waals surface area (Å²) in [5.41, 5.74) is 0.885. The molecule has 3 rings (SSSR count). The van der Waals surface area contributed by atoms with Crippen LogP contribution in [0.15, 0.2) is 18.2 Å². The van der Waals surface area contributed by atoms with Gasteiger partial charge in [-0.25, -0.2) is 0 Å². The molecule has 1 amide bonds. The van der Waals surface area contributed by atoms with Crippen molar-refractivity contribution in [2.75, 3.05) is 14.2 Å². The first kappa shape index (κ1) is 16.6. The number of carbonyl (C=O) groups excluding carboxylic acids is 1. The lowest BCUT2D eigenvalue weighted by atomic mass is 9.78. The maximum atomic E-state index is 12.6. The minimum absolute atomic E-state index is 0.149. The number of carboxylic acids is 1. The van der Waals surface area contributed by atoms with Crippen molar-refractivity contribution in [3.63, 3.8) is 0 Å². The van der Waals surface area contributed by atoms with Gasteiger partial charge in [0.15, 0.2) is 11.5 Å². The van der Waals surface area contributed by atoms with E-state index in [1.54, 1.807) is 20.3 Å². The molecule has 4 atom stereocenters. The highest BCUT2D eigenvalue weighted by atomic mass is 16.5. The summed E-state index contributed by atoms with van der Waals surface area (Å²) in [6, 6.07) is 5.46. The fraction of sp³-hybridized carbons (Fsp3) is 0.556. The summed E-state index contributed by atoms with van der Waals surface area (Å²) < 4.78 is 10.5. The highest BCUT2D eigenvalue weighted by Crippen LogP contribution is 2.52. The largest absolute Gasteiger partial charge is 0.493 e. The first-order valence-electron chi connectivity index (χ1n) is 8.26. The zero-order valence-electron chi connectivity index (χ0n) is 14.0. The molecule has 0 aromatic heterocycles. The normalized spacial score (nSPS) is 27.8. The molecule has 0 radical (unpaired) electrons. The number of ether oxygens (including phenoxy) is 2. The minimum Gasteiger partial charge on any atom is -0.493 e. The van der Waals surface area contributed by atoms with Crippen molar-refractivity contribution in [2.45, 2.75) is 25.8 Å². The number of hydrogen-bond acceptors (Lipinski definition) is 4. The van der Waals surface area contributed by atoms with Crippen molar-refractivity contribution >= 4 is 11.9 Å². The number of aliphatic carboxylic acids is 1. The molecule has 6 heteroatoms. The van der Waals surface area contributed by atoms with Crippen molar-refractivity contribution < 1.29 is 24.2 Å². The van der Waals surface area contributed by atoms with E-state index in [1.165, 1.54) is 0 Å². The van der Waals surface area contributed by atoms with Crippen LogP contribution in [0.1, 0.15) is 24.8 Å². The summed E-state index contributed by atoms with van der Waals surface area (Å²) in [5.74, 6) is -0.321. The van der Waals surface area contributed by atoms with Crippen molar-refractivity contribution in [3.8, 4) is 11.5 Å². The van der Waals surface area contributed by atoms with Crippen molar-refractivity contribution in [1.29, 1.82) is 0 Å². The molecule has 0 heterocycles. The van der Waals surface area contributed by atoms with E-state index in [0.29, 0.717) is 18.0 Å². The third-order valence-electron chi connectivity index (χ3n) is 5.42. The zero-order chi connectivity index (χ0) is 17.3. The number of hydrogen-bond donors (Lipinski definition) is 2. The Morgan fingerprint density at radius 2 is 1.79 bits per heavy atom. The third kappa shape index (κ3) is 2.92. The van der Waals surface area contributed by atoms with Crippen molar-refractivity contribution in [3.05, 3.63) is 23.8 Å². The van der Waals surface area contributed by atoms with Gasteiger partial charge in [-0.2, -0.15) is 0 Å². The molecule has 2 fully saturated rings. The first-order valence-corrected chi connectivity index (χ1v) is 8.26. The number of methoxy groups -OCH3 is 2. The van der Waals surface area contributed by atoms with Crippen LogP contribution < -0.4 is 14.8 Å². The Morgan fingerprint density at radius 1 is 1.12 bits per heavy atom. The predicted molar refractivity (Wildman–Crippen MR) is 86.8 cm³/mol. The van der Waals surface area contributed by atoms with E-state index < -0.39 is 17.8 Å². The van der Waals surface area contributed by atoms with Gasteiger partial charge in [0.05, 0.1) is 26.1 Å². The summed E-state index contributed by atoms with van der Waals surface area (Å²) >= 11 is 0. The molecule has 0 spiro atoms. The van der Waals surface area contributed by atoms with Crippen LogP contribution in [-0.4, -0.2) is 31.2 Å². The second kappa shape index (κ2) is 6.71. The molecule has 2 saturated carbocycles. The van der Waals surface area contributed by atoms with Crippen molar-refractivity contribution in [1.82, 2.24) is 5.32 Å². The summed E-state index contributed by atoms with van der Waals surface area (Å²) in [6.07, 6.45) is 2.76. The standard InChI is InChI=1S/C18H23NO5/c1-23-13-6-3-10(7-14(13)24-2)9-19-17(20)15-11-4-5-12(8-11)16(15)18(21)22/h3,6-7,11-12,15-16H,4-5,8-9H2,1-2H3,(H,19,20)(H,21,22)/t11-,12+,15+,16+/m1/s1. The molecule has 0 unspecified atom stereocenters. The summed E-state index contributed by atoms with van der Waals surface area (Å²) in [7, 11) is 3.13. The van der Waals surface area contributed by atoms with Gasteiger partial charge < -0.3 is 19.9 Å². The smallest absolute Gasteiger partial charge is 0.307 e.